The van der Waals surface area contributed by atoms with Crippen LogP contribution in [0, 0.1) is 17.6 Å². The van der Waals surface area contributed by atoms with Crippen molar-refractivity contribution in [3.63, 3.8) is 0 Å². The first-order valence-corrected chi connectivity index (χ1v) is 10.8. The highest BCUT2D eigenvalue weighted by atomic mass is 19.2. The first-order valence-electron chi connectivity index (χ1n) is 10.8. The van der Waals surface area contributed by atoms with Crippen molar-refractivity contribution < 1.29 is 13.5 Å². The van der Waals surface area contributed by atoms with Crippen LogP contribution in [0.5, 0.6) is 5.75 Å². The van der Waals surface area contributed by atoms with Crippen molar-refractivity contribution in [1.29, 1.82) is 0 Å². The van der Waals surface area contributed by atoms with E-state index >= 15 is 0 Å². The number of hydrogen-bond acceptors (Lipinski definition) is 1. The van der Waals surface area contributed by atoms with Gasteiger partial charge in [-0.1, -0.05) is 50.1 Å². The molecule has 1 nitrogen and oxygen atoms in total. The normalized spacial score (nSPS) is 19.6. The zero-order chi connectivity index (χ0) is 19.9. The van der Waals surface area contributed by atoms with E-state index in [0.717, 1.165) is 11.5 Å². The van der Waals surface area contributed by atoms with E-state index in [-0.39, 0.29) is 5.75 Å². The van der Waals surface area contributed by atoms with Crippen molar-refractivity contribution in [2.45, 2.75) is 71.1 Å². The van der Waals surface area contributed by atoms with Crippen LogP contribution in [0.15, 0.2) is 36.4 Å². The fourth-order valence-electron chi connectivity index (χ4n) is 4.46. The van der Waals surface area contributed by atoms with Crippen molar-refractivity contribution in [3.05, 3.63) is 64.7 Å². The van der Waals surface area contributed by atoms with Crippen LogP contribution in [0.2, 0.25) is 0 Å². The van der Waals surface area contributed by atoms with Gasteiger partial charge in [0.25, 0.3) is 0 Å². The molecule has 0 unspecified atom stereocenters. The molecule has 0 aromatic heterocycles. The highest BCUT2D eigenvalue weighted by molar-refractivity contribution is 5.32. The molecule has 0 radical (unpaired) electrons. The lowest BCUT2D eigenvalue weighted by atomic mass is 9.77. The largest absolute Gasteiger partial charge is 0.491 e. The van der Waals surface area contributed by atoms with Gasteiger partial charge in [0, 0.05) is 0 Å². The molecule has 0 heterocycles. The lowest BCUT2D eigenvalue weighted by Crippen LogP contribution is -2.13. The summed E-state index contributed by atoms with van der Waals surface area (Å²) in [5, 5.41) is 0. The second-order valence-electron chi connectivity index (χ2n) is 8.03. The first kappa shape index (κ1) is 20.8. The summed E-state index contributed by atoms with van der Waals surface area (Å²) in [6.07, 6.45) is 9.13. The molecule has 0 amide bonds. The van der Waals surface area contributed by atoms with E-state index in [0.29, 0.717) is 30.9 Å². The summed E-state index contributed by atoms with van der Waals surface area (Å²) in [5.74, 6) is -0.0775. The van der Waals surface area contributed by atoms with Crippen LogP contribution in [-0.2, 0) is 12.8 Å². The third-order valence-electron chi connectivity index (χ3n) is 6.10. The molecular formula is C25H32F2O. The first-order chi connectivity index (χ1) is 13.6. The topological polar surface area (TPSA) is 9.23 Å². The van der Waals surface area contributed by atoms with Gasteiger partial charge in [-0.3, -0.25) is 0 Å². The number of hydrogen-bond donors (Lipinski definition) is 0. The third-order valence-corrected chi connectivity index (χ3v) is 6.10. The lowest BCUT2D eigenvalue weighted by Gasteiger charge is -2.28. The second-order valence-corrected chi connectivity index (χ2v) is 8.03. The maximum absolute atomic E-state index is 14.2. The minimum absolute atomic E-state index is 0.0123. The molecule has 3 heteroatoms. The Morgan fingerprint density at radius 2 is 1.57 bits per heavy atom. The Labute approximate surface area is 168 Å². The molecule has 28 heavy (non-hydrogen) atoms. The Morgan fingerprint density at radius 3 is 2.21 bits per heavy atom. The maximum Gasteiger partial charge on any atom is 0.200 e. The maximum atomic E-state index is 14.2. The quantitative estimate of drug-likeness (QED) is 0.465. The molecular weight excluding hydrogens is 354 g/mol. The monoisotopic (exact) mass is 386 g/mol. The molecule has 0 N–H and O–H groups in total. The zero-order valence-electron chi connectivity index (χ0n) is 17.1. The van der Waals surface area contributed by atoms with E-state index in [1.807, 2.05) is 0 Å². The predicted octanol–water partition coefficient (Wildman–Crippen LogP) is 7.22. The molecule has 0 bridgehead atoms. The molecule has 2 aromatic carbocycles. The number of rotatable bonds is 8. The van der Waals surface area contributed by atoms with E-state index in [2.05, 4.69) is 31.2 Å². The highest BCUT2D eigenvalue weighted by Gasteiger charge is 2.21. The molecule has 0 aliphatic heterocycles. The summed E-state index contributed by atoms with van der Waals surface area (Å²) in [6, 6.07) is 11.9. The zero-order valence-corrected chi connectivity index (χ0v) is 17.1. The molecule has 0 atom stereocenters. The van der Waals surface area contributed by atoms with Gasteiger partial charge in [-0.2, -0.15) is 4.39 Å². The summed E-state index contributed by atoms with van der Waals surface area (Å²) >= 11 is 0. The number of ether oxygens (including phenoxy) is 1. The number of benzene rings is 2. The minimum Gasteiger partial charge on any atom is -0.491 e. The predicted molar refractivity (Wildman–Crippen MR) is 111 cm³/mol. The van der Waals surface area contributed by atoms with Crippen molar-refractivity contribution in [2.24, 2.45) is 5.92 Å². The SMILES string of the molecule is CCC[C@H]1CC[C@H](c2ccc(CCc3ccc(OCC)c(F)c3F)cc2)CC1. The van der Waals surface area contributed by atoms with E-state index in [1.54, 1.807) is 13.0 Å². The average Bonchev–Trinajstić information content (AvgIpc) is 2.72. The van der Waals surface area contributed by atoms with Crippen LogP contribution in [0.4, 0.5) is 8.78 Å². The minimum atomic E-state index is -0.881. The van der Waals surface area contributed by atoms with E-state index in [4.69, 9.17) is 4.74 Å². The van der Waals surface area contributed by atoms with Crippen LogP contribution in [-0.4, -0.2) is 6.61 Å². The Balaban J connectivity index is 1.56. The summed E-state index contributed by atoms with van der Waals surface area (Å²) in [6.45, 7) is 4.35. The van der Waals surface area contributed by atoms with Gasteiger partial charge in [0.2, 0.25) is 5.82 Å². The van der Waals surface area contributed by atoms with Crippen molar-refractivity contribution >= 4 is 0 Å². The summed E-state index contributed by atoms with van der Waals surface area (Å²) in [4.78, 5) is 0. The average molecular weight is 387 g/mol. The fraction of sp³-hybridized carbons (Fsp3) is 0.520. The van der Waals surface area contributed by atoms with Gasteiger partial charge in [0.15, 0.2) is 11.6 Å². The van der Waals surface area contributed by atoms with Gasteiger partial charge in [-0.25, -0.2) is 4.39 Å². The van der Waals surface area contributed by atoms with E-state index < -0.39 is 11.6 Å². The lowest BCUT2D eigenvalue weighted by molar-refractivity contribution is 0.308. The smallest absolute Gasteiger partial charge is 0.200 e. The van der Waals surface area contributed by atoms with Crippen LogP contribution in [0.3, 0.4) is 0 Å². The van der Waals surface area contributed by atoms with Crippen molar-refractivity contribution in [3.8, 4) is 5.75 Å². The third kappa shape index (κ3) is 5.12. The van der Waals surface area contributed by atoms with Gasteiger partial charge in [0.05, 0.1) is 6.61 Å². The number of halogens is 2. The van der Waals surface area contributed by atoms with Gasteiger partial charge in [-0.15, -0.1) is 0 Å². The molecule has 3 rings (SSSR count). The van der Waals surface area contributed by atoms with E-state index in [1.165, 1.54) is 50.2 Å². The van der Waals surface area contributed by atoms with Crippen LogP contribution in [0.25, 0.3) is 0 Å². The van der Waals surface area contributed by atoms with Crippen molar-refractivity contribution in [1.82, 2.24) is 0 Å². The Bertz CT molecular complexity index is 746. The Kier molecular flexibility index (Phi) is 7.47. The summed E-state index contributed by atoms with van der Waals surface area (Å²) < 4.78 is 33.3. The Morgan fingerprint density at radius 1 is 0.857 bits per heavy atom. The molecule has 2 aromatic rings. The van der Waals surface area contributed by atoms with E-state index in [9.17, 15) is 8.78 Å². The standard InChI is InChI=1S/C25H32F2O/c1-3-5-18-6-11-20(12-7-18)21-13-8-19(9-14-21)10-15-22-16-17-23(28-4-2)25(27)24(22)26/h8-9,13-14,16-18,20H,3-7,10-12,15H2,1-2H3/t18-,20-. The second kappa shape index (κ2) is 10.0. The van der Waals surface area contributed by atoms with Crippen LogP contribution >= 0.6 is 0 Å². The molecule has 1 aliphatic rings. The highest BCUT2D eigenvalue weighted by Crippen LogP contribution is 2.37. The van der Waals surface area contributed by atoms with Crippen LogP contribution in [0.1, 0.15) is 75.0 Å². The molecule has 1 saturated carbocycles. The van der Waals surface area contributed by atoms with Gasteiger partial charge < -0.3 is 4.74 Å². The summed E-state index contributed by atoms with van der Waals surface area (Å²) in [7, 11) is 0. The Hall–Kier alpha value is -1.90. The van der Waals surface area contributed by atoms with Gasteiger partial charge >= 0.3 is 0 Å². The molecule has 1 fully saturated rings. The molecule has 0 spiro atoms. The van der Waals surface area contributed by atoms with Crippen molar-refractivity contribution in [2.75, 3.05) is 6.61 Å². The van der Waals surface area contributed by atoms with Gasteiger partial charge in [0.1, 0.15) is 0 Å². The van der Waals surface area contributed by atoms with Crippen LogP contribution < -0.4 is 4.74 Å². The fourth-order valence-corrected chi connectivity index (χ4v) is 4.46. The molecule has 1 aliphatic carbocycles. The summed E-state index contributed by atoms with van der Waals surface area (Å²) in [5.41, 5.74) is 2.99. The number of aryl methyl sites for hydroxylation is 2. The molecule has 152 valence electrons. The van der Waals surface area contributed by atoms with Gasteiger partial charge in [-0.05, 0) is 80.0 Å². The molecule has 0 saturated heterocycles.